The Balaban J connectivity index is 1.57. The van der Waals surface area contributed by atoms with Gasteiger partial charge in [-0.1, -0.05) is 18.2 Å². The van der Waals surface area contributed by atoms with Crippen molar-refractivity contribution in [1.29, 1.82) is 0 Å². The number of hydrogen-bond donors (Lipinski definition) is 2. The van der Waals surface area contributed by atoms with E-state index in [0.717, 1.165) is 49.7 Å². The SMILES string of the molecule is CCNC(=NCc1coc(-c2ccccc2)n1)NC1CCN(C(C)C)CC1. The van der Waals surface area contributed by atoms with Crippen LogP contribution in [0.15, 0.2) is 46.0 Å². The number of hydrogen-bond acceptors (Lipinski definition) is 4. The topological polar surface area (TPSA) is 65.7 Å². The molecule has 0 aliphatic carbocycles. The van der Waals surface area contributed by atoms with Crippen LogP contribution in [0.3, 0.4) is 0 Å². The molecule has 0 spiro atoms. The molecule has 0 saturated carbocycles. The molecule has 1 aromatic carbocycles. The lowest BCUT2D eigenvalue weighted by atomic mass is 10.0. The van der Waals surface area contributed by atoms with Gasteiger partial charge in [0.1, 0.15) is 12.0 Å². The van der Waals surface area contributed by atoms with Gasteiger partial charge < -0.3 is 20.0 Å². The molecule has 2 aromatic rings. The molecule has 1 aliphatic heterocycles. The van der Waals surface area contributed by atoms with Crippen LogP contribution >= 0.6 is 0 Å². The monoisotopic (exact) mass is 369 g/mol. The van der Waals surface area contributed by atoms with Gasteiger partial charge >= 0.3 is 0 Å². The molecule has 1 aromatic heterocycles. The second-order valence-electron chi connectivity index (χ2n) is 7.25. The lowest BCUT2D eigenvalue weighted by Crippen LogP contribution is -2.49. The van der Waals surface area contributed by atoms with E-state index in [4.69, 9.17) is 9.41 Å². The van der Waals surface area contributed by atoms with Gasteiger partial charge in [-0.15, -0.1) is 0 Å². The Morgan fingerprint density at radius 2 is 2.00 bits per heavy atom. The van der Waals surface area contributed by atoms with Crippen molar-refractivity contribution in [3.63, 3.8) is 0 Å². The minimum absolute atomic E-state index is 0.468. The highest BCUT2D eigenvalue weighted by Crippen LogP contribution is 2.18. The molecule has 3 rings (SSSR count). The summed E-state index contributed by atoms with van der Waals surface area (Å²) in [6.45, 7) is 10.2. The van der Waals surface area contributed by atoms with Gasteiger partial charge in [0, 0.05) is 37.3 Å². The van der Waals surface area contributed by atoms with Crippen molar-refractivity contribution < 1.29 is 4.42 Å². The van der Waals surface area contributed by atoms with Crippen LogP contribution in [0.25, 0.3) is 11.5 Å². The van der Waals surface area contributed by atoms with Crippen LogP contribution in [-0.2, 0) is 6.54 Å². The predicted molar refractivity (Wildman–Crippen MR) is 110 cm³/mol. The van der Waals surface area contributed by atoms with Gasteiger partial charge in [0.05, 0.1) is 6.54 Å². The average molecular weight is 370 g/mol. The van der Waals surface area contributed by atoms with Crippen molar-refractivity contribution in [2.45, 2.75) is 52.2 Å². The number of rotatable bonds is 6. The molecule has 0 unspecified atom stereocenters. The van der Waals surface area contributed by atoms with Crippen molar-refractivity contribution in [2.24, 2.45) is 4.99 Å². The number of piperidine rings is 1. The Labute approximate surface area is 162 Å². The average Bonchev–Trinajstić information content (AvgIpc) is 3.16. The molecule has 146 valence electrons. The first-order valence-electron chi connectivity index (χ1n) is 9.94. The standard InChI is InChI=1S/C21H31N5O/c1-4-22-21(25-18-10-12-26(13-11-18)16(2)3)23-14-19-15-27-20(24-19)17-8-6-5-7-9-17/h5-9,15-16,18H,4,10-14H2,1-3H3,(H2,22,23,25). The minimum Gasteiger partial charge on any atom is -0.444 e. The maximum absolute atomic E-state index is 5.60. The van der Waals surface area contributed by atoms with Gasteiger partial charge in [0.25, 0.3) is 0 Å². The van der Waals surface area contributed by atoms with Gasteiger partial charge in [-0.3, -0.25) is 0 Å². The molecule has 0 radical (unpaired) electrons. The number of aromatic nitrogens is 1. The first kappa shape index (κ1) is 19.4. The van der Waals surface area contributed by atoms with Crippen LogP contribution in [0.5, 0.6) is 0 Å². The van der Waals surface area contributed by atoms with E-state index in [1.165, 1.54) is 0 Å². The van der Waals surface area contributed by atoms with Crippen LogP contribution in [0.1, 0.15) is 39.3 Å². The van der Waals surface area contributed by atoms with E-state index in [0.29, 0.717) is 24.5 Å². The fourth-order valence-corrected chi connectivity index (χ4v) is 3.33. The van der Waals surface area contributed by atoms with Crippen LogP contribution in [-0.4, -0.2) is 47.6 Å². The highest BCUT2D eigenvalue weighted by molar-refractivity contribution is 5.80. The molecule has 27 heavy (non-hydrogen) atoms. The van der Waals surface area contributed by atoms with Crippen LogP contribution < -0.4 is 10.6 Å². The van der Waals surface area contributed by atoms with Gasteiger partial charge in [-0.05, 0) is 45.7 Å². The molecule has 0 bridgehead atoms. The summed E-state index contributed by atoms with van der Waals surface area (Å²) >= 11 is 0. The molecular formula is C21H31N5O. The molecule has 0 atom stereocenters. The van der Waals surface area contributed by atoms with E-state index in [-0.39, 0.29) is 0 Å². The normalized spacial score (nSPS) is 16.7. The van der Waals surface area contributed by atoms with Crippen molar-refractivity contribution >= 4 is 5.96 Å². The number of nitrogens with one attached hydrogen (secondary N) is 2. The van der Waals surface area contributed by atoms with Gasteiger partial charge in [-0.25, -0.2) is 9.98 Å². The van der Waals surface area contributed by atoms with E-state index in [1.54, 1.807) is 6.26 Å². The minimum atomic E-state index is 0.468. The molecular weight excluding hydrogens is 338 g/mol. The van der Waals surface area contributed by atoms with Crippen LogP contribution in [0.2, 0.25) is 0 Å². The summed E-state index contributed by atoms with van der Waals surface area (Å²) in [6, 6.07) is 11.0. The Bertz CT molecular complexity index is 717. The fourth-order valence-electron chi connectivity index (χ4n) is 3.33. The summed E-state index contributed by atoms with van der Waals surface area (Å²) in [4.78, 5) is 11.8. The van der Waals surface area contributed by atoms with E-state index in [1.807, 2.05) is 30.3 Å². The highest BCUT2D eigenvalue weighted by Gasteiger charge is 2.21. The highest BCUT2D eigenvalue weighted by atomic mass is 16.3. The van der Waals surface area contributed by atoms with Gasteiger partial charge in [-0.2, -0.15) is 0 Å². The fraction of sp³-hybridized carbons (Fsp3) is 0.524. The summed E-state index contributed by atoms with van der Waals surface area (Å²) in [5.74, 6) is 1.49. The summed E-state index contributed by atoms with van der Waals surface area (Å²) in [6.07, 6.45) is 3.98. The Morgan fingerprint density at radius 1 is 1.26 bits per heavy atom. The second kappa shape index (κ2) is 9.55. The number of aliphatic imine (C=N–C) groups is 1. The Kier molecular flexibility index (Phi) is 6.87. The van der Waals surface area contributed by atoms with Crippen LogP contribution in [0.4, 0.5) is 0 Å². The smallest absolute Gasteiger partial charge is 0.226 e. The molecule has 0 amide bonds. The third kappa shape index (κ3) is 5.57. The lowest BCUT2D eigenvalue weighted by molar-refractivity contribution is 0.167. The predicted octanol–water partition coefficient (Wildman–Crippen LogP) is 3.27. The molecule has 2 N–H and O–H groups in total. The summed E-state index contributed by atoms with van der Waals surface area (Å²) in [5, 5.41) is 6.92. The zero-order valence-electron chi connectivity index (χ0n) is 16.6. The third-order valence-electron chi connectivity index (χ3n) is 4.92. The van der Waals surface area contributed by atoms with Crippen molar-refractivity contribution in [2.75, 3.05) is 19.6 Å². The first-order chi connectivity index (χ1) is 13.2. The van der Waals surface area contributed by atoms with Gasteiger partial charge in [0.15, 0.2) is 5.96 Å². The molecule has 1 aliphatic rings. The number of nitrogens with zero attached hydrogens (tertiary/aromatic N) is 3. The zero-order valence-corrected chi connectivity index (χ0v) is 16.6. The lowest BCUT2D eigenvalue weighted by Gasteiger charge is -2.35. The second-order valence-corrected chi connectivity index (χ2v) is 7.25. The Hall–Kier alpha value is -2.34. The number of benzene rings is 1. The molecule has 1 fully saturated rings. The van der Waals surface area contributed by atoms with E-state index in [9.17, 15) is 0 Å². The largest absolute Gasteiger partial charge is 0.444 e. The van der Waals surface area contributed by atoms with Crippen molar-refractivity contribution in [3.8, 4) is 11.5 Å². The number of likely N-dealkylation sites (tertiary alicyclic amines) is 1. The molecule has 6 heteroatoms. The van der Waals surface area contributed by atoms with E-state index < -0.39 is 0 Å². The zero-order chi connectivity index (χ0) is 19.1. The number of guanidine groups is 1. The Morgan fingerprint density at radius 3 is 2.67 bits per heavy atom. The number of oxazole rings is 1. The van der Waals surface area contributed by atoms with Gasteiger partial charge in [0.2, 0.25) is 5.89 Å². The first-order valence-corrected chi connectivity index (χ1v) is 9.94. The quantitative estimate of drug-likeness (QED) is 0.604. The third-order valence-corrected chi connectivity index (χ3v) is 4.92. The van der Waals surface area contributed by atoms with Crippen LogP contribution in [0, 0.1) is 0 Å². The summed E-state index contributed by atoms with van der Waals surface area (Å²) < 4.78 is 5.60. The van der Waals surface area contributed by atoms with E-state index >= 15 is 0 Å². The molecule has 1 saturated heterocycles. The van der Waals surface area contributed by atoms with Crippen molar-refractivity contribution in [3.05, 3.63) is 42.3 Å². The maximum atomic E-state index is 5.60. The summed E-state index contributed by atoms with van der Waals surface area (Å²) in [5.41, 5.74) is 1.82. The maximum Gasteiger partial charge on any atom is 0.226 e. The molecule has 2 heterocycles. The van der Waals surface area contributed by atoms with Crippen molar-refractivity contribution in [1.82, 2.24) is 20.5 Å². The van der Waals surface area contributed by atoms with E-state index in [2.05, 4.69) is 41.3 Å². The molecule has 6 nitrogen and oxygen atoms in total. The summed E-state index contributed by atoms with van der Waals surface area (Å²) in [7, 11) is 0.